The van der Waals surface area contributed by atoms with Crippen molar-refractivity contribution in [3.8, 4) is 0 Å². The molecule has 2 rings (SSSR count). The highest BCUT2D eigenvalue weighted by atomic mass is 32.2. The van der Waals surface area contributed by atoms with E-state index in [4.69, 9.17) is 0 Å². The summed E-state index contributed by atoms with van der Waals surface area (Å²) in [5.74, 6) is 3.64. The Hall–Kier alpha value is 0.270. The van der Waals surface area contributed by atoms with E-state index in [9.17, 15) is 0 Å². The van der Waals surface area contributed by atoms with Crippen LogP contribution in [0, 0.1) is 5.92 Å². The summed E-state index contributed by atoms with van der Waals surface area (Å²) >= 11 is 2.12. The zero-order chi connectivity index (χ0) is 11.2. The third-order valence-electron chi connectivity index (χ3n) is 3.96. The molecule has 2 nitrogen and oxygen atoms in total. The van der Waals surface area contributed by atoms with Crippen LogP contribution in [-0.4, -0.2) is 48.6 Å². The van der Waals surface area contributed by atoms with Crippen LogP contribution >= 0.6 is 11.8 Å². The Morgan fingerprint density at radius 1 is 1.44 bits per heavy atom. The van der Waals surface area contributed by atoms with Gasteiger partial charge >= 0.3 is 0 Å². The molecule has 3 heteroatoms. The molecule has 0 spiro atoms. The van der Waals surface area contributed by atoms with Crippen molar-refractivity contribution in [1.82, 2.24) is 10.2 Å². The molecule has 2 unspecified atom stereocenters. The molecule has 0 saturated carbocycles. The minimum absolute atomic E-state index is 0.809. The van der Waals surface area contributed by atoms with Gasteiger partial charge in [0.1, 0.15) is 0 Å². The maximum absolute atomic E-state index is 3.52. The molecule has 0 aromatic rings. The summed E-state index contributed by atoms with van der Waals surface area (Å²) in [6.07, 6.45) is 5.69. The highest BCUT2D eigenvalue weighted by Crippen LogP contribution is 2.19. The first kappa shape index (κ1) is 12.7. The topological polar surface area (TPSA) is 15.3 Å². The van der Waals surface area contributed by atoms with Gasteiger partial charge in [-0.3, -0.25) is 4.90 Å². The molecule has 94 valence electrons. The van der Waals surface area contributed by atoms with Crippen molar-refractivity contribution in [3.63, 3.8) is 0 Å². The van der Waals surface area contributed by atoms with Crippen molar-refractivity contribution < 1.29 is 0 Å². The van der Waals surface area contributed by atoms with Gasteiger partial charge in [0.15, 0.2) is 0 Å². The summed E-state index contributed by atoms with van der Waals surface area (Å²) in [6.45, 7) is 7.55. The molecule has 0 amide bonds. The second-order valence-electron chi connectivity index (χ2n) is 5.31. The van der Waals surface area contributed by atoms with Crippen LogP contribution in [-0.2, 0) is 0 Å². The first-order valence-corrected chi connectivity index (χ1v) is 8.04. The van der Waals surface area contributed by atoms with Crippen LogP contribution < -0.4 is 5.32 Å². The average molecular weight is 242 g/mol. The summed E-state index contributed by atoms with van der Waals surface area (Å²) in [6, 6.07) is 0.809. The number of nitrogens with zero attached hydrogens (tertiary/aromatic N) is 1. The predicted octanol–water partition coefficient (Wildman–Crippen LogP) is 2.20. The Morgan fingerprint density at radius 3 is 3.12 bits per heavy atom. The number of rotatable bonds is 4. The number of nitrogens with one attached hydrogen (secondary N) is 1. The fourth-order valence-electron chi connectivity index (χ4n) is 2.85. The van der Waals surface area contributed by atoms with E-state index in [-0.39, 0.29) is 0 Å². The van der Waals surface area contributed by atoms with E-state index in [1.54, 1.807) is 0 Å². The summed E-state index contributed by atoms with van der Waals surface area (Å²) in [7, 11) is 0. The molecule has 2 aliphatic heterocycles. The SMILES string of the molecule is CC1CSCCN1CCCC1CCCNC1. The first-order chi connectivity index (χ1) is 7.86. The Labute approximate surface area is 105 Å². The van der Waals surface area contributed by atoms with Gasteiger partial charge in [0.2, 0.25) is 0 Å². The van der Waals surface area contributed by atoms with Crippen LogP contribution in [0.5, 0.6) is 0 Å². The second-order valence-corrected chi connectivity index (χ2v) is 6.46. The number of hydrogen-bond acceptors (Lipinski definition) is 3. The van der Waals surface area contributed by atoms with Crippen LogP contribution in [0.2, 0.25) is 0 Å². The van der Waals surface area contributed by atoms with Crippen LogP contribution in [0.1, 0.15) is 32.6 Å². The lowest BCUT2D eigenvalue weighted by Crippen LogP contribution is -2.41. The summed E-state index contributed by atoms with van der Waals surface area (Å²) in [5, 5.41) is 3.52. The number of hydrogen-bond donors (Lipinski definition) is 1. The lowest BCUT2D eigenvalue weighted by Gasteiger charge is -2.33. The molecule has 1 N–H and O–H groups in total. The van der Waals surface area contributed by atoms with Gasteiger partial charge in [0.05, 0.1) is 0 Å². The van der Waals surface area contributed by atoms with Crippen molar-refractivity contribution in [1.29, 1.82) is 0 Å². The number of thioether (sulfide) groups is 1. The average Bonchev–Trinajstić information content (AvgIpc) is 2.33. The second kappa shape index (κ2) is 6.87. The minimum atomic E-state index is 0.809. The van der Waals surface area contributed by atoms with E-state index in [0.29, 0.717) is 0 Å². The maximum atomic E-state index is 3.52. The predicted molar refractivity (Wildman–Crippen MR) is 73.2 cm³/mol. The maximum Gasteiger partial charge on any atom is 0.0158 e. The van der Waals surface area contributed by atoms with E-state index < -0.39 is 0 Å². The van der Waals surface area contributed by atoms with Gasteiger partial charge in [0, 0.05) is 24.1 Å². The van der Waals surface area contributed by atoms with Crippen LogP contribution in [0.15, 0.2) is 0 Å². The molecule has 0 aromatic heterocycles. The van der Waals surface area contributed by atoms with Gasteiger partial charge < -0.3 is 5.32 Å². The van der Waals surface area contributed by atoms with Gasteiger partial charge in [-0.05, 0) is 58.2 Å². The molecular formula is C13H26N2S. The molecule has 2 saturated heterocycles. The van der Waals surface area contributed by atoms with Crippen molar-refractivity contribution in [2.24, 2.45) is 5.92 Å². The van der Waals surface area contributed by atoms with Crippen LogP contribution in [0.4, 0.5) is 0 Å². The minimum Gasteiger partial charge on any atom is -0.316 e. The lowest BCUT2D eigenvalue weighted by molar-refractivity contribution is 0.218. The van der Waals surface area contributed by atoms with Crippen molar-refractivity contribution >= 4 is 11.8 Å². The summed E-state index contributed by atoms with van der Waals surface area (Å²) < 4.78 is 0. The molecule has 0 radical (unpaired) electrons. The van der Waals surface area contributed by atoms with E-state index >= 15 is 0 Å². The fourth-order valence-corrected chi connectivity index (χ4v) is 3.93. The molecule has 0 aliphatic carbocycles. The quantitative estimate of drug-likeness (QED) is 0.814. The molecule has 0 aromatic carbocycles. The highest BCUT2D eigenvalue weighted by Gasteiger charge is 2.19. The third-order valence-corrected chi connectivity index (χ3v) is 5.15. The summed E-state index contributed by atoms with van der Waals surface area (Å²) in [5.41, 5.74) is 0. The third kappa shape index (κ3) is 3.94. The molecule has 2 aliphatic rings. The smallest absolute Gasteiger partial charge is 0.0158 e. The van der Waals surface area contributed by atoms with Crippen molar-refractivity contribution in [2.45, 2.75) is 38.6 Å². The molecule has 2 fully saturated rings. The van der Waals surface area contributed by atoms with E-state index in [2.05, 4.69) is 28.9 Å². The normalized spacial score (nSPS) is 32.8. The van der Waals surface area contributed by atoms with Crippen molar-refractivity contribution in [2.75, 3.05) is 37.7 Å². The lowest BCUT2D eigenvalue weighted by atomic mass is 9.94. The molecule has 2 atom stereocenters. The highest BCUT2D eigenvalue weighted by molar-refractivity contribution is 7.99. The van der Waals surface area contributed by atoms with Gasteiger partial charge in [0.25, 0.3) is 0 Å². The largest absolute Gasteiger partial charge is 0.316 e. The Morgan fingerprint density at radius 2 is 2.38 bits per heavy atom. The Kier molecular flexibility index (Phi) is 5.46. The van der Waals surface area contributed by atoms with Gasteiger partial charge in [-0.1, -0.05) is 0 Å². The molecule has 16 heavy (non-hydrogen) atoms. The van der Waals surface area contributed by atoms with Gasteiger partial charge in [-0.25, -0.2) is 0 Å². The Balaban J connectivity index is 1.59. The van der Waals surface area contributed by atoms with Crippen LogP contribution in [0.3, 0.4) is 0 Å². The zero-order valence-electron chi connectivity index (χ0n) is 10.6. The monoisotopic (exact) mass is 242 g/mol. The molecule has 0 bridgehead atoms. The molecule has 2 heterocycles. The Bertz CT molecular complexity index is 192. The van der Waals surface area contributed by atoms with E-state index in [0.717, 1.165) is 12.0 Å². The van der Waals surface area contributed by atoms with Crippen LogP contribution in [0.25, 0.3) is 0 Å². The fraction of sp³-hybridized carbons (Fsp3) is 1.00. The van der Waals surface area contributed by atoms with E-state index in [1.807, 2.05) is 0 Å². The summed E-state index contributed by atoms with van der Waals surface area (Å²) in [4.78, 5) is 2.69. The van der Waals surface area contributed by atoms with Crippen molar-refractivity contribution in [3.05, 3.63) is 0 Å². The molecular weight excluding hydrogens is 216 g/mol. The van der Waals surface area contributed by atoms with Gasteiger partial charge in [-0.15, -0.1) is 0 Å². The van der Waals surface area contributed by atoms with E-state index in [1.165, 1.54) is 63.4 Å². The first-order valence-electron chi connectivity index (χ1n) is 6.89. The zero-order valence-corrected chi connectivity index (χ0v) is 11.4. The van der Waals surface area contributed by atoms with Gasteiger partial charge in [-0.2, -0.15) is 11.8 Å². The number of piperidine rings is 1. The standard InChI is InChI=1S/C13H26N2S/c1-12-11-16-9-8-15(12)7-3-5-13-4-2-6-14-10-13/h12-14H,2-11H2,1H3.